The number of amides is 1. The summed E-state index contributed by atoms with van der Waals surface area (Å²) in [4.78, 5) is 17.3. The number of carbonyl (C=O) groups excluding carboxylic acids is 1. The van der Waals surface area contributed by atoms with Crippen LogP contribution in [0.5, 0.6) is 5.75 Å². The number of carbonyl (C=O) groups is 1. The van der Waals surface area contributed by atoms with Crippen LogP contribution in [0.1, 0.15) is 44.1 Å². The zero-order valence-corrected chi connectivity index (χ0v) is 19.0. The van der Waals surface area contributed by atoms with E-state index in [2.05, 4.69) is 4.90 Å². The molecule has 0 radical (unpaired) electrons. The number of rotatable bonds is 4. The summed E-state index contributed by atoms with van der Waals surface area (Å²) in [6.07, 6.45) is 6.95. The second kappa shape index (κ2) is 8.37. The normalized spacial score (nSPS) is 27.4. The smallest absolute Gasteiger partial charge is 0.243 e. The average Bonchev–Trinajstić information content (AvgIpc) is 3.45. The molecular weight excluding hydrogens is 414 g/mol. The van der Waals surface area contributed by atoms with E-state index < -0.39 is 10.0 Å². The van der Waals surface area contributed by atoms with Crippen LogP contribution in [-0.4, -0.2) is 80.9 Å². The number of ether oxygens (including phenoxy) is 1. The Labute approximate surface area is 185 Å². The predicted octanol–water partition coefficient (Wildman–Crippen LogP) is 2.11. The second-order valence-electron chi connectivity index (χ2n) is 9.71. The van der Waals surface area contributed by atoms with Gasteiger partial charge in [-0.05, 0) is 74.2 Å². The van der Waals surface area contributed by atoms with Crippen LogP contribution >= 0.6 is 0 Å². The zero-order valence-electron chi connectivity index (χ0n) is 18.2. The lowest BCUT2D eigenvalue weighted by molar-refractivity contribution is -0.132. The Balaban J connectivity index is 1.29. The number of sulfonamides is 1. The molecule has 0 N–H and O–H groups in total. The summed E-state index contributed by atoms with van der Waals surface area (Å²) in [5.41, 5.74) is 0.936. The number of piperidine rings is 2. The number of likely N-dealkylation sites (tertiary alicyclic amines) is 2. The molecule has 1 spiro atoms. The molecular formula is C23H33N3O4S. The lowest BCUT2D eigenvalue weighted by atomic mass is 9.74. The van der Waals surface area contributed by atoms with E-state index in [4.69, 9.17) is 4.74 Å². The van der Waals surface area contributed by atoms with Crippen LogP contribution in [0.3, 0.4) is 0 Å². The van der Waals surface area contributed by atoms with Gasteiger partial charge in [-0.25, -0.2) is 8.42 Å². The summed E-state index contributed by atoms with van der Waals surface area (Å²) in [5, 5.41) is 0. The highest BCUT2D eigenvalue weighted by Gasteiger charge is 2.43. The third-order valence-electron chi connectivity index (χ3n) is 7.48. The number of hydrogen-bond donors (Lipinski definition) is 0. The third kappa shape index (κ3) is 4.22. The van der Waals surface area contributed by atoms with Crippen LogP contribution in [0.2, 0.25) is 0 Å². The van der Waals surface area contributed by atoms with Crippen LogP contribution in [0, 0.1) is 5.41 Å². The van der Waals surface area contributed by atoms with Gasteiger partial charge in [-0.2, -0.15) is 4.31 Å². The molecule has 3 saturated heterocycles. The van der Waals surface area contributed by atoms with Crippen molar-refractivity contribution >= 4 is 15.9 Å². The minimum Gasteiger partial charge on any atom is -0.493 e. The number of nitrogens with zero attached hydrogens (tertiary/aromatic N) is 3. The van der Waals surface area contributed by atoms with Crippen molar-refractivity contribution in [3.05, 3.63) is 23.8 Å². The van der Waals surface area contributed by atoms with E-state index in [1.54, 1.807) is 22.5 Å². The van der Waals surface area contributed by atoms with Crippen LogP contribution in [0.15, 0.2) is 23.1 Å². The third-order valence-corrected chi connectivity index (χ3v) is 9.32. The maximum Gasteiger partial charge on any atom is 0.243 e. The van der Waals surface area contributed by atoms with E-state index in [0.29, 0.717) is 31.1 Å². The molecule has 1 aromatic rings. The molecule has 1 unspecified atom stereocenters. The van der Waals surface area contributed by atoms with Gasteiger partial charge in [0, 0.05) is 39.1 Å². The maximum absolute atomic E-state index is 13.5. The molecule has 5 rings (SSSR count). The number of fused-ring (bicyclic) bond motifs is 1. The fourth-order valence-corrected chi connectivity index (χ4v) is 7.52. The van der Waals surface area contributed by atoms with Crippen molar-refractivity contribution in [2.45, 2.75) is 49.8 Å². The van der Waals surface area contributed by atoms with Gasteiger partial charge in [0.2, 0.25) is 15.9 Å². The van der Waals surface area contributed by atoms with Crippen molar-refractivity contribution < 1.29 is 17.9 Å². The van der Waals surface area contributed by atoms with E-state index >= 15 is 0 Å². The highest BCUT2D eigenvalue weighted by molar-refractivity contribution is 7.89. The van der Waals surface area contributed by atoms with E-state index in [9.17, 15) is 13.2 Å². The molecule has 0 aromatic heterocycles. The molecule has 0 bridgehead atoms. The van der Waals surface area contributed by atoms with Crippen molar-refractivity contribution in [3.8, 4) is 5.75 Å². The first-order valence-corrected chi connectivity index (χ1v) is 13.2. The highest BCUT2D eigenvalue weighted by atomic mass is 32.2. The lowest BCUT2D eigenvalue weighted by Crippen LogP contribution is -2.54. The van der Waals surface area contributed by atoms with Gasteiger partial charge in [-0.15, -0.1) is 0 Å². The first-order valence-electron chi connectivity index (χ1n) is 11.7. The summed E-state index contributed by atoms with van der Waals surface area (Å²) < 4.78 is 34.1. The Morgan fingerprint density at radius 2 is 1.77 bits per heavy atom. The van der Waals surface area contributed by atoms with Gasteiger partial charge in [0.1, 0.15) is 5.75 Å². The molecule has 0 aliphatic carbocycles. The van der Waals surface area contributed by atoms with E-state index in [1.165, 1.54) is 0 Å². The quantitative estimate of drug-likeness (QED) is 0.707. The van der Waals surface area contributed by atoms with Crippen molar-refractivity contribution in [2.24, 2.45) is 5.41 Å². The van der Waals surface area contributed by atoms with Crippen molar-refractivity contribution in [3.63, 3.8) is 0 Å². The largest absolute Gasteiger partial charge is 0.493 e. The highest BCUT2D eigenvalue weighted by Crippen LogP contribution is 2.40. The van der Waals surface area contributed by atoms with Crippen molar-refractivity contribution in [2.75, 3.05) is 52.4 Å². The number of hydrogen-bond acceptors (Lipinski definition) is 5. The van der Waals surface area contributed by atoms with Crippen molar-refractivity contribution in [1.82, 2.24) is 14.1 Å². The summed E-state index contributed by atoms with van der Waals surface area (Å²) in [6, 6.07) is 5.27. The van der Waals surface area contributed by atoms with Gasteiger partial charge in [0.15, 0.2) is 0 Å². The van der Waals surface area contributed by atoms with Crippen LogP contribution in [-0.2, 0) is 21.2 Å². The molecule has 1 atom stereocenters. The van der Waals surface area contributed by atoms with Gasteiger partial charge in [-0.1, -0.05) is 0 Å². The minimum absolute atomic E-state index is 0.0469. The molecule has 1 aromatic carbocycles. The summed E-state index contributed by atoms with van der Waals surface area (Å²) in [7, 11) is -3.53. The van der Waals surface area contributed by atoms with Crippen LogP contribution < -0.4 is 4.74 Å². The Bertz CT molecular complexity index is 940. The maximum atomic E-state index is 13.5. The molecule has 4 aliphatic heterocycles. The summed E-state index contributed by atoms with van der Waals surface area (Å²) in [6.45, 7) is 5.74. The average molecular weight is 448 g/mol. The first-order chi connectivity index (χ1) is 15.0. The van der Waals surface area contributed by atoms with Gasteiger partial charge in [0.05, 0.1) is 18.0 Å². The van der Waals surface area contributed by atoms with Crippen molar-refractivity contribution in [1.29, 1.82) is 0 Å². The van der Waals surface area contributed by atoms with E-state index in [-0.39, 0.29) is 11.3 Å². The SMILES string of the molecule is O=C(CN1CCCC2(CCCN(S(=O)(=O)c3ccc4c(c3)CCO4)C2)C1)N1CCCC1. The Morgan fingerprint density at radius 1 is 1.00 bits per heavy atom. The fraction of sp³-hybridized carbons (Fsp3) is 0.696. The molecule has 3 fully saturated rings. The fourth-order valence-electron chi connectivity index (χ4n) is 5.88. The Morgan fingerprint density at radius 3 is 2.58 bits per heavy atom. The molecule has 8 heteroatoms. The monoisotopic (exact) mass is 447 g/mol. The first kappa shape index (κ1) is 21.2. The lowest BCUT2D eigenvalue weighted by Gasteiger charge is -2.48. The Kier molecular flexibility index (Phi) is 5.73. The molecule has 1 amide bonds. The molecule has 4 heterocycles. The van der Waals surface area contributed by atoms with E-state index in [0.717, 1.165) is 82.4 Å². The van der Waals surface area contributed by atoms with Gasteiger partial charge >= 0.3 is 0 Å². The molecule has 170 valence electrons. The van der Waals surface area contributed by atoms with Crippen LogP contribution in [0.4, 0.5) is 0 Å². The number of benzene rings is 1. The van der Waals surface area contributed by atoms with Gasteiger partial charge < -0.3 is 9.64 Å². The molecule has 4 aliphatic rings. The molecule has 7 nitrogen and oxygen atoms in total. The van der Waals surface area contributed by atoms with Crippen LogP contribution in [0.25, 0.3) is 0 Å². The topological polar surface area (TPSA) is 70.2 Å². The zero-order chi connectivity index (χ0) is 21.5. The summed E-state index contributed by atoms with van der Waals surface area (Å²) >= 11 is 0. The Hall–Kier alpha value is -1.64. The second-order valence-corrected chi connectivity index (χ2v) is 11.7. The van der Waals surface area contributed by atoms with Gasteiger partial charge in [0.25, 0.3) is 0 Å². The molecule has 31 heavy (non-hydrogen) atoms. The molecule has 0 saturated carbocycles. The summed E-state index contributed by atoms with van der Waals surface area (Å²) in [5.74, 6) is 1.04. The van der Waals surface area contributed by atoms with Gasteiger partial charge in [-0.3, -0.25) is 9.69 Å². The predicted molar refractivity (Wildman–Crippen MR) is 118 cm³/mol. The minimum atomic E-state index is -3.53. The standard InChI is InChI=1S/C23H33N3O4S/c27-22(25-11-1-2-12-25)16-24-10-3-8-23(17-24)9-4-13-26(18-23)31(28,29)20-5-6-21-19(15-20)7-14-30-21/h5-6,15H,1-4,7-14,16-18H2. The van der Waals surface area contributed by atoms with E-state index in [1.807, 2.05) is 4.90 Å².